The number of rotatable bonds is 3. The summed E-state index contributed by atoms with van der Waals surface area (Å²) in [5.41, 5.74) is 7.25. The van der Waals surface area contributed by atoms with Crippen molar-refractivity contribution >= 4 is 49.3 Å². The van der Waals surface area contributed by atoms with Crippen LogP contribution in [0.5, 0.6) is 0 Å². The molecule has 0 amide bonds. The van der Waals surface area contributed by atoms with Crippen molar-refractivity contribution in [1.82, 2.24) is 0 Å². The summed E-state index contributed by atoms with van der Waals surface area (Å²) in [5.74, 6) is 0.352. The van der Waals surface area contributed by atoms with Crippen LogP contribution in [0, 0.1) is 5.82 Å². The topological polar surface area (TPSA) is 26.0 Å². The molecule has 2 aromatic rings. The molecule has 0 saturated heterocycles. The SMILES string of the molecule is Nc1ccc(Br)cc1SCc1ccc(Br)cc1F. The summed E-state index contributed by atoms with van der Waals surface area (Å²) in [6.07, 6.45) is 0. The quantitative estimate of drug-likeness (QED) is 0.573. The predicted octanol–water partition coefficient (Wildman–Crippen LogP) is 5.23. The highest BCUT2D eigenvalue weighted by molar-refractivity contribution is 9.10. The van der Waals surface area contributed by atoms with Gasteiger partial charge < -0.3 is 5.73 Å². The molecule has 2 N–H and O–H groups in total. The maximum absolute atomic E-state index is 13.6. The molecule has 0 aromatic heterocycles. The van der Waals surface area contributed by atoms with Crippen LogP contribution < -0.4 is 5.73 Å². The molecule has 0 heterocycles. The van der Waals surface area contributed by atoms with E-state index in [9.17, 15) is 4.39 Å². The summed E-state index contributed by atoms with van der Waals surface area (Å²) >= 11 is 8.16. The van der Waals surface area contributed by atoms with Gasteiger partial charge in [-0.15, -0.1) is 11.8 Å². The van der Waals surface area contributed by atoms with E-state index >= 15 is 0 Å². The van der Waals surface area contributed by atoms with Crippen molar-refractivity contribution in [2.24, 2.45) is 0 Å². The minimum Gasteiger partial charge on any atom is -0.398 e. The molecule has 0 aliphatic heterocycles. The van der Waals surface area contributed by atoms with Crippen LogP contribution in [0.3, 0.4) is 0 Å². The van der Waals surface area contributed by atoms with E-state index in [4.69, 9.17) is 5.73 Å². The number of hydrogen-bond donors (Lipinski definition) is 1. The molecular weight excluding hydrogens is 381 g/mol. The number of halogens is 3. The molecule has 0 atom stereocenters. The molecule has 0 unspecified atom stereocenters. The van der Waals surface area contributed by atoms with Gasteiger partial charge in [0.15, 0.2) is 0 Å². The number of nitrogen functional groups attached to an aromatic ring is 1. The Bertz CT molecular complexity index is 575. The van der Waals surface area contributed by atoms with Crippen molar-refractivity contribution in [3.8, 4) is 0 Å². The van der Waals surface area contributed by atoms with E-state index in [-0.39, 0.29) is 5.82 Å². The van der Waals surface area contributed by atoms with Crippen molar-refractivity contribution in [2.45, 2.75) is 10.6 Å². The van der Waals surface area contributed by atoms with Gasteiger partial charge in [0, 0.05) is 25.3 Å². The average Bonchev–Trinajstić information content (AvgIpc) is 2.32. The lowest BCUT2D eigenvalue weighted by molar-refractivity contribution is 0.616. The Balaban J connectivity index is 2.13. The lowest BCUT2D eigenvalue weighted by Gasteiger charge is -2.07. The second-order valence-corrected chi connectivity index (χ2v) is 6.56. The van der Waals surface area contributed by atoms with E-state index in [0.29, 0.717) is 17.0 Å². The first-order valence-corrected chi connectivity index (χ1v) is 7.75. The second-order valence-electron chi connectivity index (χ2n) is 3.71. The van der Waals surface area contributed by atoms with Crippen molar-refractivity contribution in [3.05, 3.63) is 56.7 Å². The third kappa shape index (κ3) is 3.49. The van der Waals surface area contributed by atoms with Gasteiger partial charge in [0.25, 0.3) is 0 Å². The molecule has 2 rings (SSSR count). The van der Waals surface area contributed by atoms with Crippen molar-refractivity contribution in [1.29, 1.82) is 0 Å². The maximum atomic E-state index is 13.6. The minimum atomic E-state index is -0.203. The summed E-state index contributed by atoms with van der Waals surface area (Å²) in [4.78, 5) is 0.951. The Morgan fingerprint density at radius 2 is 1.72 bits per heavy atom. The predicted molar refractivity (Wildman–Crippen MR) is 82.2 cm³/mol. The van der Waals surface area contributed by atoms with E-state index < -0.39 is 0 Å². The Labute approximate surface area is 126 Å². The molecule has 5 heteroatoms. The van der Waals surface area contributed by atoms with E-state index in [1.54, 1.807) is 6.07 Å². The summed E-state index contributed by atoms with van der Waals surface area (Å²) in [6, 6.07) is 10.8. The Kier molecular flexibility index (Phi) is 4.70. The molecule has 1 nitrogen and oxygen atoms in total. The lowest BCUT2D eigenvalue weighted by Crippen LogP contribution is -1.91. The number of hydrogen-bond acceptors (Lipinski definition) is 2. The van der Waals surface area contributed by atoms with Crippen LogP contribution in [-0.2, 0) is 5.75 Å². The van der Waals surface area contributed by atoms with E-state index in [1.165, 1.54) is 17.8 Å². The summed E-state index contributed by atoms with van der Waals surface area (Å²) < 4.78 is 15.4. The van der Waals surface area contributed by atoms with Crippen LogP contribution in [0.15, 0.2) is 50.2 Å². The first-order valence-electron chi connectivity index (χ1n) is 5.18. The fourth-order valence-corrected chi connectivity index (χ4v) is 3.26. The molecule has 0 aliphatic carbocycles. The summed E-state index contributed by atoms with van der Waals surface area (Å²) in [6.45, 7) is 0. The second kappa shape index (κ2) is 6.08. The van der Waals surface area contributed by atoms with Gasteiger partial charge in [-0.3, -0.25) is 0 Å². The molecular formula is C13H10Br2FNS. The zero-order valence-corrected chi connectivity index (χ0v) is 13.3. The normalized spacial score (nSPS) is 10.6. The van der Waals surface area contributed by atoms with Gasteiger partial charge in [-0.2, -0.15) is 0 Å². The molecule has 0 spiro atoms. The highest BCUT2D eigenvalue weighted by atomic mass is 79.9. The molecule has 18 heavy (non-hydrogen) atoms. The van der Waals surface area contributed by atoms with Crippen LogP contribution in [0.25, 0.3) is 0 Å². The van der Waals surface area contributed by atoms with Crippen LogP contribution >= 0.6 is 43.6 Å². The van der Waals surface area contributed by atoms with Gasteiger partial charge in [-0.25, -0.2) is 4.39 Å². The molecule has 2 aromatic carbocycles. The average molecular weight is 391 g/mol. The molecule has 0 radical (unpaired) electrons. The summed E-state index contributed by atoms with van der Waals surface area (Å²) in [5, 5.41) is 0. The zero-order chi connectivity index (χ0) is 13.1. The lowest BCUT2D eigenvalue weighted by atomic mass is 10.2. The number of benzene rings is 2. The van der Waals surface area contributed by atoms with Crippen molar-refractivity contribution in [3.63, 3.8) is 0 Å². The van der Waals surface area contributed by atoms with Crippen LogP contribution in [0.4, 0.5) is 10.1 Å². The fourth-order valence-electron chi connectivity index (χ4n) is 1.43. The van der Waals surface area contributed by atoms with Gasteiger partial charge in [-0.1, -0.05) is 37.9 Å². The maximum Gasteiger partial charge on any atom is 0.128 e. The Morgan fingerprint density at radius 1 is 1.06 bits per heavy atom. The Hall–Kier alpha value is -0.520. The van der Waals surface area contributed by atoms with Crippen LogP contribution in [-0.4, -0.2) is 0 Å². The van der Waals surface area contributed by atoms with Gasteiger partial charge in [0.05, 0.1) is 0 Å². The van der Waals surface area contributed by atoms with Crippen molar-refractivity contribution in [2.75, 3.05) is 5.73 Å². The molecule has 0 aliphatic rings. The minimum absolute atomic E-state index is 0.203. The third-order valence-electron chi connectivity index (χ3n) is 2.37. The van der Waals surface area contributed by atoms with Gasteiger partial charge in [0.1, 0.15) is 5.82 Å². The molecule has 0 bridgehead atoms. The van der Waals surface area contributed by atoms with Crippen LogP contribution in [0.1, 0.15) is 5.56 Å². The number of thioether (sulfide) groups is 1. The third-order valence-corrected chi connectivity index (χ3v) is 4.48. The molecule has 0 saturated carbocycles. The smallest absolute Gasteiger partial charge is 0.128 e. The first-order chi connectivity index (χ1) is 8.56. The first kappa shape index (κ1) is 13.9. The highest BCUT2D eigenvalue weighted by Gasteiger charge is 2.06. The van der Waals surface area contributed by atoms with Gasteiger partial charge >= 0.3 is 0 Å². The Morgan fingerprint density at radius 3 is 2.44 bits per heavy atom. The molecule has 0 fully saturated rings. The zero-order valence-electron chi connectivity index (χ0n) is 9.29. The van der Waals surface area contributed by atoms with E-state index in [0.717, 1.165) is 13.8 Å². The van der Waals surface area contributed by atoms with Gasteiger partial charge in [-0.05, 0) is 35.9 Å². The standard InChI is InChI=1S/C13H10Br2FNS/c14-9-2-1-8(11(16)5-9)7-18-13-6-10(15)3-4-12(13)17/h1-6H,7,17H2. The van der Waals surface area contributed by atoms with Crippen molar-refractivity contribution < 1.29 is 4.39 Å². The van der Waals surface area contributed by atoms with E-state index in [2.05, 4.69) is 31.9 Å². The molecule has 94 valence electrons. The number of anilines is 1. The fraction of sp³-hybridized carbons (Fsp3) is 0.0769. The monoisotopic (exact) mass is 389 g/mol. The summed E-state index contributed by atoms with van der Waals surface area (Å²) in [7, 11) is 0. The van der Waals surface area contributed by atoms with Crippen LogP contribution in [0.2, 0.25) is 0 Å². The number of nitrogens with two attached hydrogens (primary N) is 1. The highest BCUT2D eigenvalue weighted by Crippen LogP contribution is 2.31. The van der Waals surface area contributed by atoms with Gasteiger partial charge in [0.2, 0.25) is 0 Å². The van der Waals surface area contributed by atoms with E-state index in [1.807, 2.05) is 24.3 Å². The largest absolute Gasteiger partial charge is 0.398 e.